The highest BCUT2D eigenvalue weighted by Gasteiger charge is 2.23. The van der Waals surface area contributed by atoms with Gasteiger partial charge in [0.15, 0.2) is 5.96 Å². The third kappa shape index (κ3) is 7.98. The van der Waals surface area contributed by atoms with Crippen LogP contribution in [0.5, 0.6) is 0 Å². The van der Waals surface area contributed by atoms with Crippen molar-refractivity contribution in [1.29, 1.82) is 0 Å². The Morgan fingerprint density at radius 1 is 1.26 bits per heavy atom. The molecule has 0 spiro atoms. The highest BCUT2D eigenvalue weighted by molar-refractivity contribution is 14.0. The zero-order valence-electron chi connectivity index (χ0n) is 18.4. The van der Waals surface area contributed by atoms with Crippen LogP contribution in [0.4, 0.5) is 5.69 Å². The van der Waals surface area contributed by atoms with E-state index in [2.05, 4.69) is 33.0 Å². The molecule has 2 fully saturated rings. The molecule has 2 aliphatic heterocycles. The Bertz CT molecular complexity index is 726. The van der Waals surface area contributed by atoms with Crippen molar-refractivity contribution in [2.75, 3.05) is 63.8 Å². The van der Waals surface area contributed by atoms with E-state index in [9.17, 15) is 4.79 Å². The van der Waals surface area contributed by atoms with Gasteiger partial charge >= 0.3 is 0 Å². The average molecular weight is 563 g/mol. The van der Waals surface area contributed by atoms with Crippen molar-refractivity contribution in [3.8, 4) is 0 Å². The quantitative estimate of drug-likeness (QED) is 0.231. The van der Waals surface area contributed by atoms with Crippen LogP contribution in [0.2, 0.25) is 5.02 Å². The molecule has 3 N–H and O–H groups in total. The summed E-state index contributed by atoms with van der Waals surface area (Å²) < 4.78 is 0. The van der Waals surface area contributed by atoms with Gasteiger partial charge < -0.3 is 25.8 Å². The van der Waals surface area contributed by atoms with Crippen LogP contribution in [0, 0.1) is 5.92 Å². The molecule has 1 unspecified atom stereocenters. The number of hydrogen-bond donors (Lipinski definition) is 2. The number of aliphatic imine (C=N–C) groups is 1. The third-order valence-corrected chi connectivity index (χ3v) is 6.12. The van der Waals surface area contributed by atoms with Crippen molar-refractivity contribution in [2.24, 2.45) is 16.6 Å². The van der Waals surface area contributed by atoms with Gasteiger partial charge in [-0.1, -0.05) is 17.7 Å². The van der Waals surface area contributed by atoms with Gasteiger partial charge in [0.1, 0.15) is 0 Å². The second kappa shape index (κ2) is 13.3. The van der Waals surface area contributed by atoms with Gasteiger partial charge in [0.2, 0.25) is 5.91 Å². The van der Waals surface area contributed by atoms with E-state index in [4.69, 9.17) is 22.3 Å². The molecule has 9 heteroatoms. The first-order valence-corrected chi connectivity index (χ1v) is 11.5. The largest absolute Gasteiger partial charge is 0.369 e. The summed E-state index contributed by atoms with van der Waals surface area (Å²) in [6.45, 7) is 10.3. The molecule has 3 rings (SSSR count). The van der Waals surface area contributed by atoms with Gasteiger partial charge in [-0.05, 0) is 57.5 Å². The highest BCUT2D eigenvalue weighted by atomic mass is 127. The Balaban J connectivity index is 0.00000341. The second-order valence-corrected chi connectivity index (χ2v) is 8.52. The smallest absolute Gasteiger partial charge is 0.221 e. The van der Waals surface area contributed by atoms with E-state index in [0.717, 1.165) is 89.1 Å². The molecule has 2 saturated heterocycles. The summed E-state index contributed by atoms with van der Waals surface area (Å²) in [5.74, 6) is 0.844. The van der Waals surface area contributed by atoms with Crippen molar-refractivity contribution in [3.05, 3.63) is 29.3 Å². The summed E-state index contributed by atoms with van der Waals surface area (Å²) in [4.78, 5) is 23.4. The van der Waals surface area contributed by atoms with Crippen molar-refractivity contribution >= 4 is 53.1 Å². The molecule has 1 aromatic carbocycles. The van der Waals surface area contributed by atoms with Gasteiger partial charge in [-0.2, -0.15) is 0 Å². The SMILES string of the molecule is CCNC(=NCCCN1CCCC(C(N)=O)C1)N1CCN(c2cccc(Cl)c2)CC1.I. The van der Waals surface area contributed by atoms with Crippen LogP contribution in [-0.4, -0.2) is 80.6 Å². The molecule has 0 saturated carbocycles. The Kier molecular flexibility index (Phi) is 11.2. The lowest BCUT2D eigenvalue weighted by Crippen LogP contribution is -2.52. The zero-order valence-corrected chi connectivity index (χ0v) is 21.5. The van der Waals surface area contributed by atoms with Crippen molar-refractivity contribution < 1.29 is 4.79 Å². The molecule has 1 aromatic rings. The van der Waals surface area contributed by atoms with Crippen molar-refractivity contribution in [3.63, 3.8) is 0 Å². The Labute approximate surface area is 208 Å². The first-order chi connectivity index (χ1) is 14.6. The number of carbonyl (C=O) groups is 1. The molecular weight excluding hydrogens is 527 g/mol. The maximum Gasteiger partial charge on any atom is 0.221 e. The Hall–Kier alpha value is -1.26. The molecule has 0 aliphatic carbocycles. The lowest BCUT2D eigenvalue weighted by Gasteiger charge is -2.37. The van der Waals surface area contributed by atoms with Crippen LogP contribution in [0.25, 0.3) is 0 Å². The lowest BCUT2D eigenvalue weighted by molar-refractivity contribution is -0.123. The van der Waals surface area contributed by atoms with E-state index >= 15 is 0 Å². The number of halogens is 2. The number of carbonyl (C=O) groups excluding carboxylic acids is 1. The lowest BCUT2D eigenvalue weighted by atomic mass is 9.97. The first-order valence-electron chi connectivity index (χ1n) is 11.1. The van der Waals surface area contributed by atoms with Gasteiger partial charge in [0.25, 0.3) is 0 Å². The summed E-state index contributed by atoms with van der Waals surface area (Å²) in [7, 11) is 0. The molecule has 1 atom stereocenters. The van der Waals surface area contributed by atoms with E-state index in [1.54, 1.807) is 0 Å². The fourth-order valence-corrected chi connectivity index (χ4v) is 4.43. The minimum absolute atomic E-state index is 0. The van der Waals surface area contributed by atoms with Gasteiger partial charge in [-0.25, -0.2) is 0 Å². The highest BCUT2D eigenvalue weighted by Crippen LogP contribution is 2.21. The van der Waals surface area contributed by atoms with Crippen LogP contribution >= 0.6 is 35.6 Å². The summed E-state index contributed by atoms with van der Waals surface area (Å²) >= 11 is 6.14. The second-order valence-electron chi connectivity index (χ2n) is 8.09. The molecule has 0 radical (unpaired) electrons. The number of benzene rings is 1. The molecule has 0 bridgehead atoms. The standard InChI is InChI=1S/C22H35ClN6O.HI/c1-2-25-22(26-9-5-11-27-10-4-6-18(17-27)21(24)30)29-14-12-28(13-15-29)20-8-3-7-19(23)16-20;/h3,7-8,16,18H,2,4-6,9-15,17H2,1H3,(H2,24,30)(H,25,26);1H. The Morgan fingerprint density at radius 2 is 2.03 bits per heavy atom. The van der Waals surface area contributed by atoms with Crippen LogP contribution < -0.4 is 16.0 Å². The van der Waals surface area contributed by atoms with Gasteiger partial charge in [0.05, 0.1) is 5.92 Å². The van der Waals surface area contributed by atoms with Gasteiger partial charge in [-0.3, -0.25) is 9.79 Å². The molecule has 7 nitrogen and oxygen atoms in total. The molecule has 2 heterocycles. The summed E-state index contributed by atoms with van der Waals surface area (Å²) in [5, 5.41) is 4.22. The van der Waals surface area contributed by atoms with E-state index in [-0.39, 0.29) is 35.8 Å². The molecule has 1 amide bonds. The first kappa shape index (κ1) is 26.0. The topological polar surface area (TPSA) is 77.2 Å². The number of hydrogen-bond acceptors (Lipinski definition) is 4. The number of rotatable bonds is 7. The van der Waals surface area contributed by atoms with E-state index in [1.165, 1.54) is 5.69 Å². The number of nitrogens with one attached hydrogen (secondary N) is 1. The number of piperidine rings is 1. The minimum atomic E-state index is -0.163. The average Bonchev–Trinajstić information content (AvgIpc) is 2.76. The zero-order chi connectivity index (χ0) is 21.3. The minimum Gasteiger partial charge on any atom is -0.369 e. The molecule has 174 valence electrons. The number of nitrogens with zero attached hydrogens (tertiary/aromatic N) is 4. The van der Waals surface area contributed by atoms with Crippen LogP contribution in [0.3, 0.4) is 0 Å². The van der Waals surface area contributed by atoms with Crippen LogP contribution in [0.1, 0.15) is 26.2 Å². The van der Waals surface area contributed by atoms with Crippen molar-refractivity contribution in [2.45, 2.75) is 26.2 Å². The van der Waals surface area contributed by atoms with Crippen LogP contribution in [0.15, 0.2) is 29.3 Å². The van der Waals surface area contributed by atoms with E-state index in [0.29, 0.717) is 0 Å². The third-order valence-electron chi connectivity index (χ3n) is 5.89. The number of anilines is 1. The summed E-state index contributed by atoms with van der Waals surface area (Å²) in [5.41, 5.74) is 6.66. The van der Waals surface area contributed by atoms with Gasteiger partial charge in [-0.15, -0.1) is 24.0 Å². The monoisotopic (exact) mass is 562 g/mol. The van der Waals surface area contributed by atoms with E-state index in [1.807, 2.05) is 18.2 Å². The normalized spacial score (nSPS) is 20.3. The molecule has 2 aliphatic rings. The maximum atomic E-state index is 11.4. The predicted molar refractivity (Wildman–Crippen MR) is 140 cm³/mol. The fourth-order valence-electron chi connectivity index (χ4n) is 4.25. The number of primary amides is 1. The number of nitrogens with two attached hydrogens (primary N) is 1. The van der Waals surface area contributed by atoms with Crippen LogP contribution in [-0.2, 0) is 4.79 Å². The summed E-state index contributed by atoms with van der Waals surface area (Å²) in [6, 6.07) is 8.06. The fraction of sp³-hybridized carbons (Fsp3) is 0.636. The number of amides is 1. The number of piperazine rings is 1. The molecule has 0 aromatic heterocycles. The van der Waals surface area contributed by atoms with E-state index < -0.39 is 0 Å². The maximum absolute atomic E-state index is 11.4. The predicted octanol–water partition coefficient (Wildman–Crippen LogP) is 2.63. The number of likely N-dealkylation sites (tertiary alicyclic amines) is 1. The van der Waals surface area contributed by atoms with Gasteiger partial charge in [0, 0.05) is 56.5 Å². The Morgan fingerprint density at radius 3 is 2.71 bits per heavy atom. The van der Waals surface area contributed by atoms with Crippen molar-refractivity contribution in [1.82, 2.24) is 15.1 Å². The summed E-state index contributed by atoms with van der Waals surface area (Å²) in [6.07, 6.45) is 2.97. The molecule has 31 heavy (non-hydrogen) atoms. The molecular formula is C22H36ClIN6O. The number of guanidine groups is 1.